The van der Waals surface area contributed by atoms with Crippen LogP contribution in [0.1, 0.15) is 12.6 Å². The number of fused-ring (bicyclic) bond motifs is 1. The molecule has 1 aromatic carbocycles. The molecule has 3 N–H and O–H groups in total. The van der Waals surface area contributed by atoms with Gasteiger partial charge in [-0.25, -0.2) is 4.68 Å². The number of amides is 2. The quantitative estimate of drug-likeness (QED) is 0.681. The number of carbonyl (C=O) groups is 2. The number of carbonyl (C=O) groups excluding carboxylic acids is 2. The molecule has 0 unspecified atom stereocenters. The molecule has 3 aromatic rings. The molecule has 118 valence electrons. The summed E-state index contributed by atoms with van der Waals surface area (Å²) in [7, 11) is 0. The van der Waals surface area contributed by atoms with Crippen LogP contribution < -0.4 is 10.6 Å². The predicted octanol–water partition coefficient (Wildman–Crippen LogP) is 1.66. The average molecular weight is 312 g/mol. The largest absolute Gasteiger partial charge is 0.357 e. The highest BCUT2D eigenvalue weighted by atomic mass is 16.2. The number of aromatic nitrogens is 4. The topological polar surface area (TPSA) is 105 Å². The van der Waals surface area contributed by atoms with Crippen LogP contribution in [-0.2, 0) is 16.1 Å². The molecule has 0 aliphatic rings. The minimum atomic E-state index is -0.240. The minimum absolute atomic E-state index is 0.00549. The summed E-state index contributed by atoms with van der Waals surface area (Å²) in [6.45, 7) is 3.29. The molecule has 0 aliphatic carbocycles. The molecular weight excluding hydrogens is 296 g/mol. The molecule has 0 atom stereocenters. The highest BCUT2D eigenvalue weighted by molar-refractivity contribution is 6.02. The van der Waals surface area contributed by atoms with Crippen molar-refractivity contribution in [2.24, 2.45) is 0 Å². The number of anilines is 2. The third-order valence-electron chi connectivity index (χ3n) is 3.31. The van der Waals surface area contributed by atoms with Gasteiger partial charge in [0.05, 0.1) is 11.9 Å². The van der Waals surface area contributed by atoms with Crippen molar-refractivity contribution in [3.8, 4) is 0 Å². The zero-order valence-electron chi connectivity index (χ0n) is 12.8. The molecule has 8 nitrogen and oxygen atoms in total. The van der Waals surface area contributed by atoms with Crippen LogP contribution in [0.3, 0.4) is 0 Å². The molecule has 2 amide bonds. The highest BCUT2D eigenvalue weighted by Crippen LogP contribution is 2.26. The number of nitrogens with zero attached hydrogens (tertiary/aromatic N) is 3. The van der Waals surface area contributed by atoms with Crippen molar-refractivity contribution >= 4 is 34.2 Å². The Morgan fingerprint density at radius 1 is 1.26 bits per heavy atom. The number of aryl methyl sites for hydroxylation is 1. The number of hydrogen-bond donors (Lipinski definition) is 3. The Balaban J connectivity index is 1.72. The van der Waals surface area contributed by atoms with Crippen molar-refractivity contribution in [3.63, 3.8) is 0 Å². The van der Waals surface area contributed by atoms with Gasteiger partial charge in [0.15, 0.2) is 5.82 Å². The summed E-state index contributed by atoms with van der Waals surface area (Å²) in [6, 6.07) is 7.75. The maximum Gasteiger partial charge on any atom is 0.246 e. The van der Waals surface area contributed by atoms with Crippen molar-refractivity contribution in [3.05, 3.63) is 36.2 Å². The van der Waals surface area contributed by atoms with E-state index in [0.29, 0.717) is 5.82 Å². The molecule has 0 aliphatic heterocycles. The molecule has 3 rings (SSSR count). The second-order valence-corrected chi connectivity index (χ2v) is 5.20. The van der Waals surface area contributed by atoms with Crippen LogP contribution in [0.2, 0.25) is 0 Å². The molecule has 0 spiro atoms. The number of hydrogen-bond acceptors (Lipinski definition) is 4. The minimum Gasteiger partial charge on any atom is -0.357 e. The van der Waals surface area contributed by atoms with Crippen LogP contribution in [0.5, 0.6) is 0 Å². The van der Waals surface area contributed by atoms with Gasteiger partial charge >= 0.3 is 0 Å². The number of benzene rings is 1. The molecule has 2 heterocycles. The molecule has 0 saturated heterocycles. The standard InChI is InChI=1S/C15H16N6O2/c1-9-15(11-5-3-4-6-12(11)16-9)18-14(23)8-21-7-13(19-20-21)17-10(2)22/h3-7,16H,8H2,1-2H3,(H,17,22)(H,18,23). The van der Waals surface area contributed by atoms with Gasteiger partial charge in [-0.3, -0.25) is 9.59 Å². The van der Waals surface area contributed by atoms with Crippen molar-refractivity contribution < 1.29 is 9.59 Å². The fraction of sp³-hybridized carbons (Fsp3) is 0.200. The lowest BCUT2D eigenvalue weighted by Gasteiger charge is -2.05. The van der Waals surface area contributed by atoms with Gasteiger partial charge in [0.2, 0.25) is 11.8 Å². The Morgan fingerprint density at radius 3 is 2.83 bits per heavy atom. The van der Waals surface area contributed by atoms with E-state index in [1.807, 2.05) is 31.2 Å². The normalized spacial score (nSPS) is 10.7. The Bertz CT molecular complexity index is 879. The first-order valence-corrected chi connectivity index (χ1v) is 7.08. The molecule has 0 radical (unpaired) electrons. The third kappa shape index (κ3) is 3.20. The highest BCUT2D eigenvalue weighted by Gasteiger charge is 2.12. The van der Waals surface area contributed by atoms with Crippen molar-refractivity contribution in [2.75, 3.05) is 10.6 Å². The average Bonchev–Trinajstić information content (AvgIpc) is 3.03. The van der Waals surface area contributed by atoms with Crippen molar-refractivity contribution in [2.45, 2.75) is 20.4 Å². The fourth-order valence-electron chi connectivity index (χ4n) is 2.38. The van der Waals surface area contributed by atoms with Gasteiger partial charge in [-0.15, -0.1) is 5.10 Å². The molecule has 23 heavy (non-hydrogen) atoms. The van der Waals surface area contributed by atoms with E-state index in [-0.39, 0.29) is 18.4 Å². The van der Waals surface area contributed by atoms with Crippen LogP contribution in [0.4, 0.5) is 11.5 Å². The van der Waals surface area contributed by atoms with Crippen molar-refractivity contribution in [1.82, 2.24) is 20.0 Å². The smallest absolute Gasteiger partial charge is 0.246 e. The molecular formula is C15H16N6O2. The lowest BCUT2D eigenvalue weighted by molar-refractivity contribution is -0.117. The monoisotopic (exact) mass is 312 g/mol. The van der Waals surface area contributed by atoms with Crippen LogP contribution >= 0.6 is 0 Å². The summed E-state index contributed by atoms with van der Waals surface area (Å²) in [6.07, 6.45) is 1.50. The van der Waals surface area contributed by atoms with Gasteiger partial charge in [0.25, 0.3) is 0 Å². The zero-order valence-corrected chi connectivity index (χ0v) is 12.8. The number of nitrogens with one attached hydrogen (secondary N) is 3. The first kappa shape index (κ1) is 14.8. The maximum absolute atomic E-state index is 12.2. The van der Waals surface area contributed by atoms with Crippen LogP contribution in [-0.4, -0.2) is 31.8 Å². The lowest BCUT2D eigenvalue weighted by atomic mass is 10.2. The van der Waals surface area contributed by atoms with Gasteiger partial charge in [0, 0.05) is 23.5 Å². The zero-order chi connectivity index (χ0) is 16.4. The first-order chi connectivity index (χ1) is 11.0. The van der Waals surface area contributed by atoms with Crippen LogP contribution in [0.15, 0.2) is 30.5 Å². The maximum atomic E-state index is 12.2. The van der Waals surface area contributed by atoms with Gasteiger partial charge in [-0.2, -0.15) is 0 Å². The van der Waals surface area contributed by atoms with E-state index in [0.717, 1.165) is 22.3 Å². The molecule has 0 saturated carbocycles. The van der Waals surface area contributed by atoms with E-state index < -0.39 is 0 Å². The lowest BCUT2D eigenvalue weighted by Crippen LogP contribution is -2.19. The van der Waals surface area contributed by atoms with Gasteiger partial charge < -0.3 is 15.6 Å². The van der Waals surface area contributed by atoms with Gasteiger partial charge in [-0.1, -0.05) is 23.4 Å². The van der Waals surface area contributed by atoms with Crippen molar-refractivity contribution in [1.29, 1.82) is 0 Å². The van der Waals surface area contributed by atoms with Gasteiger partial charge in [0.1, 0.15) is 6.54 Å². The summed E-state index contributed by atoms with van der Waals surface area (Å²) in [4.78, 5) is 26.4. The predicted molar refractivity (Wildman–Crippen MR) is 86.0 cm³/mol. The van der Waals surface area contributed by atoms with E-state index in [1.165, 1.54) is 17.8 Å². The first-order valence-electron chi connectivity index (χ1n) is 7.08. The molecule has 8 heteroatoms. The third-order valence-corrected chi connectivity index (χ3v) is 3.31. The Hall–Kier alpha value is -3.16. The number of para-hydroxylation sites is 1. The SMILES string of the molecule is CC(=O)Nc1cn(CC(=O)Nc2c(C)[nH]c3ccccc23)nn1. The number of rotatable bonds is 4. The number of H-pyrrole nitrogens is 1. The molecule has 0 bridgehead atoms. The Morgan fingerprint density at radius 2 is 2.04 bits per heavy atom. The van der Waals surface area contributed by atoms with Crippen LogP contribution in [0.25, 0.3) is 10.9 Å². The second kappa shape index (κ2) is 5.91. The Labute approximate surface area is 131 Å². The van der Waals surface area contributed by atoms with Crippen LogP contribution in [0, 0.1) is 6.92 Å². The number of aromatic amines is 1. The molecule has 2 aromatic heterocycles. The summed E-state index contributed by atoms with van der Waals surface area (Å²) < 4.78 is 1.37. The fourth-order valence-corrected chi connectivity index (χ4v) is 2.38. The summed E-state index contributed by atoms with van der Waals surface area (Å²) in [5.74, 6) is -0.151. The summed E-state index contributed by atoms with van der Waals surface area (Å²) in [5, 5.41) is 13.9. The van der Waals surface area contributed by atoms with E-state index in [1.54, 1.807) is 0 Å². The second-order valence-electron chi connectivity index (χ2n) is 5.20. The van der Waals surface area contributed by atoms with Gasteiger partial charge in [-0.05, 0) is 13.0 Å². The van der Waals surface area contributed by atoms with E-state index in [2.05, 4.69) is 25.9 Å². The van der Waals surface area contributed by atoms with E-state index in [4.69, 9.17) is 0 Å². The summed E-state index contributed by atoms with van der Waals surface area (Å²) >= 11 is 0. The Kier molecular flexibility index (Phi) is 3.80. The van der Waals surface area contributed by atoms with E-state index in [9.17, 15) is 9.59 Å². The summed E-state index contributed by atoms with van der Waals surface area (Å²) in [5.41, 5.74) is 2.61. The van der Waals surface area contributed by atoms with E-state index >= 15 is 0 Å². The molecule has 0 fully saturated rings.